The summed E-state index contributed by atoms with van der Waals surface area (Å²) in [5.74, 6) is 2.07. The van der Waals surface area contributed by atoms with Crippen LogP contribution in [0.2, 0.25) is 0 Å². The van der Waals surface area contributed by atoms with Crippen molar-refractivity contribution in [2.75, 3.05) is 14.2 Å². The third-order valence-electron chi connectivity index (χ3n) is 6.52. The van der Waals surface area contributed by atoms with Crippen molar-refractivity contribution in [2.45, 2.75) is 50.8 Å². The largest absolute Gasteiger partial charge is 0.496 e. The van der Waals surface area contributed by atoms with E-state index in [4.69, 9.17) is 9.47 Å². The van der Waals surface area contributed by atoms with Crippen LogP contribution in [0.3, 0.4) is 0 Å². The number of benzene rings is 3. The van der Waals surface area contributed by atoms with Crippen LogP contribution in [0.15, 0.2) is 66.7 Å². The average Bonchev–Trinajstić information content (AvgIpc) is 2.77. The lowest BCUT2D eigenvalue weighted by atomic mass is 9.96. The summed E-state index contributed by atoms with van der Waals surface area (Å²) >= 11 is 0. The number of carbonyl (C=O) groups excluding carboxylic acids is 1. The molecule has 3 aromatic carbocycles. The van der Waals surface area contributed by atoms with Crippen molar-refractivity contribution < 1.29 is 14.3 Å². The number of ketones is 1. The highest BCUT2D eigenvalue weighted by Crippen LogP contribution is 2.66. The molecule has 33 heavy (non-hydrogen) atoms. The summed E-state index contributed by atoms with van der Waals surface area (Å²) in [6, 6.07) is 23.0. The quantitative estimate of drug-likeness (QED) is 0.382. The molecule has 0 aromatic heterocycles. The maximum Gasteiger partial charge on any atom is 0.134 e. The molecule has 0 spiro atoms. The summed E-state index contributed by atoms with van der Waals surface area (Å²) in [6.07, 6.45) is 1.21. The Morgan fingerprint density at radius 1 is 0.636 bits per heavy atom. The maximum absolute atomic E-state index is 12.8. The molecule has 1 heterocycles. The lowest BCUT2D eigenvalue weighted by Crippen LogP contribution is -2.44. The van der Waals surface area contributed by atoms with E-state index in [1.165, 1.54) is 16.4 Å². The third-order valence-corrected chi connectivity index (χ3v) is 10.2. The molecule has 0 aliphatic carbocycles. The minimum atomic E-state index is -0.736. The first-order chi connectivity index (χ1) is 15.7. The topological polar surface area (TPSA) is 35.5 Å². The van der Waals surface area contributed by atoms with Gasteiger partial charge in [-0.25, -0.2) is 0 Å². The van der Waals surface area contributed by atoms with E-state index in [-0.39, 0.29) is 10.3 Å². The Balaban J connectivity index is 2.10. The van der Waals surface area contributed by atoms with Crippen LogP contribution in [0.1, 0.15) is 40.5 Å². The zero-order valence-electron chi connectivity index (χ0n) is 20.4. The minimum absolute atomic E-state index is 0.136. The molecule has 0 unspecified atom stereocenters. The molecule has 3 nitrogen and oxygen atoms in total. The standard InChI is InChI=1S/C29H33O3P/c1-28(2)18-20(30)19-29(3,4)33(28)27-23(21-12-7-9-16-25(21)31-5)14-11-15-24(27)22-13-8-10-17-26(22)32-6/h7-17H,18-19H2,1-6H3. The summed E-state index contributed by atoms with van der Waals surface area (Å²) in [6.45, 7) is 9.07. The number of rotatable bonds is 5. The molecule has 0 atom stereocenters. The number of hydrogen-bond donors (Lipinski definition) is 0. The molecule has 0 saturated carbocycles. The Hall–Kier alpha value is -2.64. The monoisotopic (exact) mass is 460 g/mol. The van der Waals surface area contributed by atoms with E-state index >= 15 is 0 Å². The Morgan fingerprint density at radius 2 is 1.03 bits per heavy atom. The Kier molecular flexibility index (Phi) is 6.38. The predicted molar refractivity (Wildman–Crippen MR) is 139 cm³/mol. The first-order valence-corrected chi connectivity index (χ1v) is 12.8. The van der Waals surface area contributed by atoms with E-state index < -0.39 is 7.92 Å². The van der Waals surface area contributed by atoms with Crippen LogP contribution >= 0.6 is 7.92 Å². The second kappa shape index (κ2) is 8.95. The van der Waals surface area contributed by atoms with Gasteiger partial charge in [-0.05, 0) is 38.9 Å². The van der Waals surface area contributed by atoms with Gasteiger partial charge in [0.05, 0.1) is 14.2 Å². The van der Waals surface area contributed by atoms with E-state index in [9.17, 15) is 4.79 Å². The van der Waals surface area contributed by atoms with Gasteiger partial charge in [-0.1, -0.05) is 90.2 Å². The van der Waals surface area contributed by atoms with Crippen LogP contribution in [0.5, 0.6) is 11.5 Å². The van der Waals surface area contributed by atoms with E-state index in [0.29, 0.717) is 18.6 Å². The summed E-state index contributed by atoms with van der Waals surface area (Å²) in [4.78, 5) is 12.8. The van der Waals surface area contributed by atoms with Crippen molar-refractivity contribution in [1.29, 1.82) is 0 Å². The number of carbonyl (C=O) groups is 1. The molecule has 1 aliphatic rings. The summed E-state index contributed by atoms with van der Waals surface area (Å²) in [5.41, 5.74) is 4.52. The normalized spacial score (nSPS) is 17.6. The molecule has 0 N–H and O–H groups in total. The van der Waals surface area contributed by atoms with Gasteiger partial charge in [0.15, 0.2) is 0 Å². The second-order valence-corrected chi connectivity index (χ2v) is 13.5. The number of methoxy groups -OCH3 is 2. The fourth-order valence-electron chi connectivity index (χ4n) is 5.56. The van der Waals surface area contributed by atoms with Crippen molar-refractivity contribution >= 4 is 19.0 Å². The van der Waals surface area contributed by atoms with Gasteiger partial charge in [-0.2, -0.15) is 0 Å². The first kappa shape index (κ1) is 23.5. The van der Waals surface area contributed by atoms with Crippen molar-refractivity contribution in [3.05, 3.63) is 66.7 Å². The highest BCUT2D eigenvalue weighted by molar-refractivity contribution is 7.69. The molecule has 0 amide bonds. The molecule has 4 rings (SSSR count). The van der Waals surface area contributed by atoms with E-state index in [1.807, 2.05) is 24.3 Å². The second-order valence-electron chi connectivity index (χ2n) is 9.95. The van der Waals surface area contributed by atoms with Crippen molar-refractivity contribution in [3.8, 4) is 33.8 Å². The summed E-state index contributed by atoms with van der Waals surface area (Å²) < 4.78 is 11.6. The maximum atomic E-state index is 12.8. The number of ether oxygens (including phenoxy) is 2. The van der Waals surface area contributed by atoms with Gasteiger partial charge in [0.2, 0.25) is 0 Å². The van der Waals surface area contributed by atoms with Gasteiger partial charge in [0.1, 0.15) is 17.3 Å². The van der Waals surface area contributed by atoms with Crippen LogP contribution in [0.25, 0.3) is 22.3 Å². The highest BCUT2D eigenvalue weighted by Gasteiger charge is 2.49. The Morgan fingerprint density at radius 3 is 1.45 bits per heavy atom. The van der Waals surface area contributed by atoms with Crippen LogP contribution in [0, 0.1) is 0 Å². The van der Waals surface area contributed by atoms with Crippen molar-refractivity contribution in [1.82, 2.24) is 0 Å². The molecule has 1 fully saturated rings. The zero-order valence-corrected chi connectivity index (χ0v) is 21.3. The van der Waals surface area contributed by atoms with Crippen LogP contribution in [-0.4, -0.2) is 30.3 Å². The number of Topliss-reactive ketones (excluding diaryl/α,β-unsaturated/α-hetero) is 1. The lowest BCUT2D eigenvalue weighted by Gasteiger charge is -2.50. The van der Waals surface area contributed by atoms with Crippen molar-refractivity contribution in [2.24, 2.45) is 0 Å². The average molecular weight is 461 g/mol. The summed E-state index contributed by atoms with van der Waals surface area (Å²) in [7, 11) is 2.71. The predicted octanol–water partition coefficient (Wildman–Crippen LogP) is 7.07. The van der Waals surface area contributed by atoms with E-state index in [1.54, 1.807) is 14.2 Å². The third kappa shape index (κ3) is 4.32. The molecule has 0 bridgehead atoms. The molecule has 1 aliphatic heterocycles. The molecule has 0 radical (unpaired) electrons. The van der Waals surface area contributed by atoms with Gasteiger partial charge < -0.3 is 9.47 Å². The highest BCUT2D eigenvalue weighted by atomic mass is 31.1. The molecule has 4 heteroatoms. The molecular weight excluding hydrogens is 427 g/mol. The van der Waals surface area contributed by atoms with Crippen LogP contribution in [0.4, 0.5) is 0 Å². The van der Waals surface area contributed by atoms with Crippen LogP contribution < -0.4 is 14.8 Å². The van der Waals surface area contributed by atoms with Gasteiger partial charge in [-0.15, -0.1) is 0 Å². The van der Waals surface area contributed by atoms with Gasteiger partial charge in [0.25, 0.3) is 0 Å². The molecule has 1 saturated heterocycles. The SMILES string of the molecule is COc1ccccc1-c1cccc(-c2ccccc2OC)c1P1C(C)(C)CC(=O)CC1(C)C. The van der Waals surface area contributed by atoms with Gasteiger partial charge in [0, 0.05) is 24.0 Å². The van der Waals surface area contributed by atoms with Gasteiger partial charge >= 0.3 is 0 Å². The minimum Gasteiger partial charge on any atom is -0.496 e. The summed E-state index contributed by atoms with van der Waals surface area (Å²) in [5, 5.41) is 1.05. The number of hydrogen-bond acceptors (Lipinski definition) is 3. The smallest absolute Gasteiger partial charge is 0.134 e. The number of para-hydroxylation sites is 2. The molecule has 3 aromatic rings. The zero-order chi connectivity index (χ0) is 23.8. The lowest BCUT2D eigenvalue weighted by molar-refractivity contribution is -0.120. The Labute approximate surface area is 198 Å². The fourth-order valence-corrected chi connectivity index (χ4v) is 9.95. The van der Waals surface area contributed by atoms with Gasteiger partial charge in [-0.3, -0.25) is 4.79 Å². The van der Waals surface area contributed by atoms with E-state index in [2.05, 4.69) is 70.2 Å². The van der Waals surface area contributed by atoms with Crippen LogP contribution in [-0.2, 0) is 4.79 Å². The molecule has 172 valence electrons. The molecular formula is C29H33O3P. The Bertz CT molecular complexity index is 1090. The van der Waals surface area contributed by atoms with E-state index in [0.717, 1.165) is 22.6 Å². The first-order valence-electron chi connectivity index (χ1n) is 11.4. The van der Waals surface area contributed by atoms with Crippen molar-refractivity contribution in [3.63, 3.8) is 0 Å². The fraction of sp³-hybridized carbons (Fsp3) is 0.345.